The van der Waals surface area contributed by atoms with E-state index >= 15 is 0 Å². The van der Waals surface area contributed by atoms with Gasteiger partial charge in [-0.05, 0) is 31.6 Å². The Hall–Kier alpha value is -0.530. The highest BCUT2D eigenvalue weighted by Crippen LogP contribution is 2.25. The average molecular weight is 140 g/mol. The van der Waals surface area contributed by atoms with Gasteiger partial charge in [-0.3, -0.25) is 0 Å². The number of rotatable bonds is 2. The van der Waals surface area contributed by atoms with Crippen LogP contribution in [0.5, 0.6) is 0 Å². The van der Waals surface area contributed by atoms with Crippen LogP contribution in [0.4, 0.5) is 0 Å². The predicted molar refractivity (Wildman–Crippen MR) is 43.9 cm³/mol. The van der Waals surface area contributed by atoms with E-state index in [1.165, 1.54) is 31.4 Å². The van der Waals surface area contributed by atoms with Gasteiger partial charge in [-0.25, -0.2) is 0 Å². The molecule has 0 aromatic carbocycles. The highest BCUT2D eigenvalue weighted by Gasteiger charge is 2.20. The lowest BCUT2D eigenvalue weighted by molar-refractivity contribution is 0.597. The molecule has 2 nitrogen and oxygen atoms in total. The number of nitrogens with two attached hydrogens (primary N) is 1. The van der Waals surface area contributed by atoms with Crippen LogP contribution in [0.1, 0.15) is 39.0 Å². The zero-order valence-corrected chi connectivity index (χ0v) is 6.64. The van der Waals surface area contributed by atoms with Gasteiger partial charge in [0.2, 0.25) is 0 Å². The molecule has 1 aliphatic carbocycles. The van der Waals surface area contributed by atoms with E-state index in [2.05, 4.69) is 12.0 Å². The van der Waals surface area contributed by atoms with Gasteiger partial charge in [0.15, 0.2) is 0 Å². The largest absolute Gasteiger partial charge is 0.323 e. The molecule has 0 spiro atoms. The second-order valence-electron chi connectivity index (χ2n) is 3.00. The molecule has 0 aliphatic heterocycles. The van der Waals surface area contributed by atoms with Crippen LogP contribution < -0.4 is 5.84 Å². The van der Waals surface area contributed by atoms with E-state index in [-0.39, 0.29) is 0 Å². The third-order valence-electron chi connectivity index (χ3n) is 2.26. The number of hydrogen-bond acceptors (Lipinski definition) is 2. The fourth-order valence-corrected chi connectivity index (χ4v) is 1.73. The van der Waals surface area contributed by atoms with Crippen molar-refractivity contribution < 1.29 is 0 Å². The van der Waals surface area contributed by atoms with Crippen molar-refractivity contribution in [3.8, 4) is 0 Å². The maximum Gasteiger partial charge on any atom is 0.0406 e. The topological polar surface area (TPSA) is 38.4 Å². The number of hydrogen-bond donors (Lipinski definition) is 1. The van der Waals surface area contributed by atoms with Crippen LogP contribution in [0.25, 0.3) is 0 Å². The van der Waals surface area contributed by atoms with Crippen molar-refractivity contribution in [2.45, 2.75) is 39.0 Å². The lowest BCUT2D eigenvalue weighted by Crippen LogP contribution is -2.08. The Balaban J connectivity index is 2.42. The molecule has 1 atom stereocenters. The summed E-state index contributed by atoms with van der Waals surface area (Å²) >= 11 is 0. The molecule has 0 aromatic rings. The Labute approximate surface area is 62.5 Å². The molecule has 1 saturated carbocycles. The summed E-state index contributed by atoms with van der Waals surface area (Å²) < 4.78 is 0. The van der Waals surface area contributed by atoms with Crippen LogP contribution in [0, 0.1) is 5.92 Å². The molecule has 0 radical (unpaired) electrons. The minimum absolute atomic E-state index is 0.718. The van der Waals surface area contributed by atoms with Crippen molar-refractivity contribution in [2.75, 3.05) is 0 Å². The maximum atomic E-state index is 5.24. The third-order valence-corrected chi connectivity index (χ3v) is 2.26. The smallest absolute Gasteiger partial charge is 0.0406 e. The first-order valence-corrected chi connectivity index (χ1v) is 4.15. The summed E-state index contributed by atoms with van der Waals surface area (Å²) in [4.78, 5) is 0. The average Bonchev–Trinajstić information content (AvgIpc) is 2.36. The highest BCUT2D eigenvalue weighted by molar-refractivity contribution is 5.88. The van der Waals surface area contributed by atoms with Gasteiger partial charge in [-0.1, -0.05) is 13.3 Å². The van der Waals surface area contributed by atoms with E-state index in [4.69, 9.17) is 5.84 Å². The van der Waals surface area contributed by atoms with Gasteiger partial charge < -0.3 is 5.84 Å². The molecule has 1 rings (SSSR count). The monoisotopic (exact) mass is 140 g/mol. The second-order valence-corrected chi connectivity index (χ2v) is 3.00. The summed E-state index contributed by atoms with van der Waals surface area (Å²) in [6.07, 6.45) is 6.27. The molecule has 0 aromatic heterocycles. The molecule has 1 fully saturated rings. The van der Waals surface area contributed by atoms with Crippen LogP contribution in [0.2, 0.25) is 0 Å². The maximum absolute atomic E-state index is 5.24. The first kappa shape index (κ1) is 7.58. The Bertz CT molecular complexity index is 129. The zero-order valence-electron chi connectivity index (χ0n) is 6.64. The first-order chi connectivity index (χ1) is 4.88. The van der Waals surface area contributed by atoms with Gasteiger partial charge in [0.05, 0.1) is 0 Å². The molecule has 1 aliphatic rings. The molecule has 1 unspecified atom stereocenters. The SMILES string of the molecule is CCCC1CCCC1=NN. The summed E-state index contributed by atoms with van der Waals surface area (Å²) in [6.45, 7) is 2.21. The van der Waals surface area contributed by atoms with E-state index in [0.717, 1.165) is 12.3 Å². The van der Waals surface area contributed by atoms with E-state index in [0.29, 0.717) is 0 Å². The van der Waals surface area contributed by atoms with Gasteiger partial charge in [0, 0.05) is 5.71 Å². The Kier molecular flexibility index (Phi) is 2.72. The molecule has 10 heavy (non-hydrogen) atoms. The Morgan fingerprint density at radius 2 is 2.50 bits per heavy atom. The van der Waals surface area contributed by atoms with Crippen molar-refractivity contribution in [1.29, 1.82) is 0 Å². The summed E-state index contributed by atoms with van der Waals surface area (Å²) in [5, 5.41) is 3.80. The molecular weight excluding hydrogens is 124 g/mol. The van der Waals surface area contributed by atoms with Crippen LogP contribution in [0.3, 0.4) is 0 Å². The van der Waals surface area contributed by atoms with Crippen molar-refractivity contribution in [3.05, 3.63) is 0 Å². The van der Waals surface area contributed by atoms with Crippen LogP contribution in [-0.4, -0.2) is 5.71 Å². The summed E-state index contributed by atoms with van der Waals surface area (Å²) in [7, 11) is 0. The lowest BCUT2D eigenvalue weighted by Gasteiger charge is -2.06. The standard InChI is InChI=1S/C8H16N2/c1-2-4-7-5-3-6-8(7)10-9/h7H,2-6,9H2,1H3. The minimum atomic E-state index is 0.718. The highest BCUT2D eigenvalue weighted by atomic mass is 15.1. The van der Waals surface area contributed by atoms with Gasteiger partial charge in [-0.2, -0.15) is 5.10 Å². The van der Waals surface area contributed by atoms with Crippen molar-refractivity contribution >= 4 is 5.71 Å². The van der Waals surface area contributed by atoms with E-state index in [1.54, 1.807) is 0 Å². The minimum Gasteiger partial charge on any atom is -0.323 e. The van der Waals surface area contributed by atoms with Crippen LogP contribution in [-0.2, 0) is 0 Å². The molecule has 58 valence electrons. The fourth-order valence-electron chi connectivity index (χ4n) is 1.73. The van der Waals surface area contributed by atoms with Crippen molar-refractivity contribution in [3.63, 3.8) is 0 Å². The predicted octanol–water partition coefficient (Wildman–Crippen LogP) is 1.90. The summed E-state index contributed by atoms with van der Waals surface area (Å²) in [5.74, 6) is 5.96. The van der Waals surface area contributed by atoms with Gasteiger partial charge in [-0.15, -0.1) is 0 Å². The van der Waals surface area contributed by atoms with Crippen molar-refractivity contribution in [2.24, 2.45) is 16.9 Å². The van der Waals surface area contributed by atoms with Gasteiger partial charge >= 0.3 is 0 Å². The molecule has 2 N–H and O–H groups in total. The van der Waals surface area contributed by atoms with Crippen molar-refractivity contribution in [1.82, 2.24) is 0 Å². The first-order valence-electron chi connectivity index (χ1n) is 4.15. The fraction of sp³-hybridized carbons (Fsp3) is 0.875. The van der Waals surface area contributed by atoms with E-state index in [1.807, 2.05) is 0 Å². The third kappa shape index (κ3) is 1.49. The lowest BCUT2D eigenvalue weighted by atomic mass is 10.0. The molecule has 0 saturated heterocycles. The number of nitrogens with zero attached hydrogens (tertiary/aromatic N) is 1. The molecule has 0 bridgehead atoms. The molecule has 0 amide bonds. The normalized spacial score (nSPS) is 29.7. The zero-order chi connectivity index (χ0) is 7.40. The Morgan fingerprint density at radius 1 is 1.70 bits per heavy atom. The van der Waals surface area contributed by atoms with Gasteiger partial charge in [0.25, 0.3) is 0 Å². The second kappa shape index (κ2) is 3.59. The van der Waals surface area contributed by atoms with Crippen LogP contribution in [0.15, 0.2) is 5.10 Å². The molecular formula is C8H16N2. The van der Waals surface area contributed by atoms with E-state index < -0.39 is 0 Å². The van der Waals surface area contributed by atoms with E-state index in [9.17, 15) is 0 Å². The Morgan fingerprint density at radius 3 is 3.10 bits per heavy atom. The number of hydrazone groups is 1. The van der Waals surface area contributed by atoms with Gasteiger partial charge in [0.1, 0.15) is 0 Å². The molecule has 0 heterocycles. The summed E-state index contributed by atoms with van der Waals surface area (Å²) in [6, 6.07) is 0. The summed E-state index contributed by atoms with van der Waals surface area (Å²) in [5.41, 5.74) is 1.25. The molecule has 2 heteroatoms. The quantitative estimate of drug-likeness (QED) is 0.461. The van der Waals surface area contributed by atoms with Crippen LogP contribution >= 0.6 is 0 Å².